The minimum absolute atomic E-state index is 0.0869. The summed E-state index contributed by atoms with van der Waals surface area (Å²) in [6, 6.07) is 28.4. The van der Waals surface area contributed by atoms with Crippen molar-refractivity contribution in [3.8, 4) is 0 Å². The first kappa shape index (κ1) is 31.9. The predicted molar refractivity (Wildman–Crippen MR) is 161 cm³/mol. The van der Waals surface area contributed by atoms with Crippen LogP contribution in [0.2, 0.25) is 0 Å². The summed E-state index contributed by atoms with van der Waals surface area (Å²) in [6.07, 6.45) is -3.74. The molecular formula is C34H30O10S. The van der Waals surface area contributed by atoms with Crippen LogP contribution in [0.5, 0.6) is 0 Å². The van der Waals surface area contributed by atoms with Crippen LogP contribution in [0, 0.1) is 6.92 Å². The number of benzene rings is 4. The van der Waals surface area contributed by atoms with E-state index < -0.39 is 64.3 Å². The van der Waals surface area contributed by atoms with E-state index in [1.165, 1.54) is 72.8 Å². The molecule has 0 unspecified atom stereocenters. The van der Waals surface area contributed by atoms with Gasteiger partial charge < -0.3 is 19.7 Å². The Morgan fingerprint density at radius 1 is 0.667 bits per heavy atom. The summed E-state index contributed by atoms with van der Waals surface area (Å²) >= 11 is 0. The third-order valence-electron chi connectivity index (χ3n) is 7.67. The van der Waals surface area contributed by atoms with Gasteiger partial charge in [0.05, 0.1) is 17.1 Å². The molecule has 5 rings (SSSR count). The Morgan fingerprint density at radius 2 is 1.09 bits per heavy atom. The summed E-state index contributed by atoms with van der Waals surface area (Å²) < 4.78 is 42.7. The van der Waals surface area contributed by atoms with Crippen LogP contribution in [0.15, 0.2) is 120 Å². The third-order valence-corrected chi connectivity index (χ3v) is 8.96. The van der Waals surface area contributed by atoms with Crippen molar-refractivity contribution in [2.24, 2.45) is 0 Å². The molecule has 0 spiro atoms. The first-order chi connectivity index (χ1) is 21.5. The Balaban J connectivity index is 1.57. The van der Waals surface area contributed by atoms with Crippen molar-refractivity contribution in [1.82, 2.24) is 0 Å². The van der Waals surface area contributed by atoms with Gasteiger partial charge in [-0.15, -0.1) is 0 Å². The van der Waals surface area contributed by atoms with E-state index in [0.29, 0.717) is 0 Å². The second kappa shape index (κ2) is 12.8. The SMILES string of the molecule is Cc1ccc(S(=O)(=O)OC[C@H]2O[C@H](COC(=O)c3ccccc3)[C@](O)(C(=O)c3ccccc3)[C@@]2(O)C(=O)c2ccccc2)cc1. The number of carbonyl (C=O) groups excluding carboxylic acids is 3. The average Bonchev–Trinajstić information content (AvgIpc) is 3.30. The first-order valence-electron chi connectivity index (χ1n) is 14.0. The first-order valence-corrected chi connectivity index (χ1v) is 15.4. The zero-order chi connectivity index (χ0) is 32.2. The predicted octanol–water partition coefficient (Wildman–Crippen LogP) is 3.55. The smallest absolute Gasteiger partial charge is 0.338 e. The maximum Gasteiger partial charge on any atom is 0.338 e. The molecule has 0 saturated carbocycles. The summed E-state index contributed by atoms with van der Waals surface area (Å²) in [4.78, 5) is 40.8. The number of aryl methyl sites for hydroxylation is 1. The Morgan fingerprint density at radius 3 is 1.56 bits per heavy atom. The van der Waals surface area contributed by atoms with Crippen LogP contribution in [0.25, 0.3) is 0 Å². The number of esters is 1. The third kappa shape index (κ3) is 6.08. The summed E-state index contributed by atoms with van der Waals surface area (Å²) in [7, 11) is -4.45. The molecule has 0 aromatic heterocycles. The molecule has 0 bridgehead atoms. The van der Waals surface area contributed by atoms with E-state index in [1.54, 1.807) is 49.4 Å². The van der Waals surface area contributed by atoms with Crippen molar-refractivity contribution in [2.75, 3.05) is 13.2 Å². The number of aliphatic hydroxyl groups is 2. The van der Waals surface area contributed by atoms with Crippen molar-refractivity contribution in [3.63, 3.8) is 0 Å². The van der Waals surface area contributed by atoms with Gasteiger partial charge in [0, 0.05) is 11.1 Å². The second-order valence-electron chi connectivity index (χ2n) is 10.6. The molecule has 232 valence electrons. The van der Waals surface area contributed by atoms with Gasteiger partial charge in [-0.1, -0.05) is 96.6 Å². The van der Waals surface area contributed by atoms with Crippen molar-refractivity contribution < 1.29 is 46.7 Å². The van der Waals surface area contributed by atoms with Crippen LogP contribution in [-0.2, 0) is 23.8 Å². The molecule has 4 atom stereocenters. The lowest BCUT2D eigenvalue weighted by Gasteiger charge is -2.38. The lowest BCUT2D eigenvalue weighted by atomic mass is 9.70. The molecule has 11 heteroatoms. The number of ketones is 2. The number of hydrogen-bond acceptors (Lipinski definition) is 10. The molecule has 4 aromatic rings. The molecule has 0 aliphatic carbocycles. The molecule has 1 fully saturated rings. The van der Waals surface area contributed by atoms with E-state index >= 15 is 0 Å². The monoisotopic (exact) mass is 630 g/mol. The lowest BCUT2D eigenvalue weighted by Crippen LogP contribution is -2.68. The number of carbonyl (C=O) groups is 3. The molecule has 45 heavy (non-hydrogen) atoms. The number of Topliss-reactive ketones (excluding diaryl/α,β-unsaturated/α-hetero) is 2. The Labute approximate surface area is 259 Å². The van der Waals surface area contributed by atoms with Gasteiger partial charge in [0.1, 0.15) is 18.8 Å². The molecule has 0 amide bonds. The van der Waals surface area contributed by atoms with Gasteiger partial charge in [0.2, 0.25) is 11.6 Å². The summed E-state index contributed by atoms with van der Waals surface area (Å²) in [6.45, 7) is 0.0153. The quantitative estimate of drug-likeness (QED) is 0.143. The molecule has 1 aliphatic heterocycles. The highest BCUT2D eigenvalue weighted by atomic mass is 32.2. The fourth-order valence-corrected chi connectivity index (χ4v) is 6.11. The second-order valence-corrected chi connectivity index (χ2v) is 12.2. The highest BCUT2D eigenvalue weighted by Crippen LogP contribution is 2.45. The van der Waals surface area contributed by atoms with Gasteiger partial charge in [-0.3, -0.25) is 13.8 Å². The number of ether oxygens (including phenoxy) is 2. The highest BCUT2D eigenvalue weighted by Gasteiger charge is 2.73. The Bertz CT molecular complexity index is 1780. The minimum atomic E-state index is -4.45. The van der Waals surface area contributed by atoms with E-state index in [9.17, 15) is 33.0 Å². The van der Waals surface area contributed by atoms with Crippen LogP contribution in [0.4, 0.5) is 0 Å². The van der Waals surface area contributed by atoms with Gasteiger partial charge in [-0.25, -0.2) is 4.79 Å². The van der Waals surface area contributed by atoms with Gasteiger partial charge in [0.15, 0.2) is 11.2 Å². The van der Waals surface area contributed by atoms with Crippen LogP contribution < -0.4 is 0 Å². The summed E-state index contributed by atoms with van der Waals surface area (Å²) in [5, 5.41) is 24.6. The molecule has 1 heterocycles. The van der Waals surface area contributed by atoms with Gasteiger partial charge in [-0.2, -0.15) is 8.42 Å². The van der Waals surface area contributed by atoms with Crippen molar-refractivity contribution in [1.29, 1.82) is 0 Å². The van der Waals surface area contributed by atoms with E-state index in [2.05, 4.69) is 0 Å². The Hall–Kier alpha value is -4.52. The largest absolute Gasteiger partial charge is 0.459 e. The molecule has 2 N–H and O–H groups in total. The van der Waals surface area contributed by atoms with E-state index in [0.717, 1.165) is 5.56 Å². The van der Waals surface area contributed by atoms with Gasteiger partial charge in [-0.05, 0) is 31.2 Å². The highest BCUT2D eigenvalue weighted by molar-refractivity contribution is 7.86. The Kier molecular flexibility index (Phi) is 9.10. The normalized spacial score (nSPS) is 22.9. The molecule has 1 aliphatic rings. The topological polar surface area (TPSA) is 154 Å². The maximum atomic E-state index is 14.1. The molecule has 0 radical (unpaired) electrons. The van der Waals surface area contributed by atoms with Crippen molar-refractivity contribution in [3.05, 3.63) is 138 Å². The van der Waals surface area contributed by atoms with Crippen LogP contribution in [-0.4, -0.2) is 72.8 Å². The van der Waals surface area contributed by atoms with Crippen LogP contribution in [0.3, 0.4) is 0 Å². The zero-order valence-electron chi connectivity index (χ0n) is 24.1. The molecule has 10 nitrogen and oxygen atoms in total. The fraction of sp³-hybridized carbons (Fsp3) is 0.206. The standard InChI is InChI=1S/C34H30O10S/c1-23-17-19-27(20-18-23)45(40,41)43-22-29-34(39,31(36)25-13-7-3-8-14-25)33(38,30(35)24-11-5-2-6-12-24)28(44-29)21-42-32(37)26-15-9-4-10-16-26/h2-20,28-29,38-39H,21-22H2,1H3/t28-,29-,33+,34+/m1/s1. The average molecular weight is 631 g/mol. The number of rotatable bonds is 11. The molecular weight excluding hydrogens is 600 g/mol. The van der Waals surface area contributed by atoms with Crippen LogP contribution in [0.1, 0.15) is 36.6 Å². The number of hydrogen-bond donors (Lipinski definition) is 2. The summed E-state index contributed by atoms with van der Waals surface area (Å²) in [5.41, 5.74) is -5.40. The van der Waals surface area contributed by atoms with Crippen molar-refractivity contribution >= 4 is 27.7 Å². The molecule has 4 aromatic carbocycles. The fourth-order valence-electron chi connectivity index (χ4n) is 5.20. The van der Waals surface area contributed by atoms with Gasteiger partial charge >= 0.3 is 5.97 Å². The lowest BCUT2D eigenvalue weighted by molar-refractivity contribution is -0.0996. The zero-order valence-corrected chi connectivity index (χ0v) is 24.9. The molecule has 1 saturated heterocycles. The minimum Gasteiger partial charge on any atom is -0.459 e. The van der Waals surface area contributed by atoms with E-state index in [-0.39, 0.29) is 21.6 Å². The van der Waals surface area contributed by atoms with Crippen LogP contribution >= 0.6 is 0 Å². The van der Waals surface area contributed by atoms with Crippen molar-refractivity contribution in [2.45, 2.75) is 35.2 Å². The van der Waals surface area contributed by atoms with E-state index in [4.69, 9.17) is 13.7 Å². The summed E-state index contributed by atoms with van der Waals surface area (Å²) in [5.74, 6) is -3.07. The van der Waals surface area contributed by atoms with E-state index in [1.807, 2.05) is 0 Å². The van der Waals surface area contributed by atoms with Gasteiger partial charge in [0.25, 0.3) is 10.1 Å². The maximum absolute atomic E-state index is 14.1.